The van der Waals surface area contributed by atoms with Crippen molar-refractivity contribution in [2.75, 3.05) is 7.11 Å². The summed E-state index contributed by atoms with van der Waals surface area (Å²) in [5, 5.41) is 0. The van der Waals surface area contributed by atoms with E-state index in [1.54, 1.807) is 6.07 Å². The first kappa shape index (κ1) is 8.35. The number of methoxy groups -OCH3 is 1. The van der Waals surface area contributed by atoms with Gasteiger partial charge in [-0.3, -0.25) is 0 Å². The molecule has 0 aromatic heterocycles. The lowest BCUT2D eigenvalue weighted by Crippen LogP contribution is -1.98. The van der Waals surface area contributed by atoms with E-state index in [0.717, 1.165) is 12.8 Å². The maximum Gasteiger partial charge on any atom is 0.163 e. The van der Waals surface area contributed by atoms with E-state index < -0.39 is 0 Å². The van der Waals surface area contributed by atoms with Crippen molar-refractivity contribution in [3.63, 3.8) is 0 Å². The summed E-state index contributed by atoms with van der Waals surface area (Å²) >= 11 is 0. The first-order chi connectivity index (χ1) is 6.29. The van der Waals surface area contributed by atoms with E-state index in [-0.39, 0.29) is 5.82 Å². The molecule has 0 bridgehead atoms. The lowest BCUT2D eigenvalue weighted by Gasteiger charge is -2.09. The van der Waals surface area contributed by atoms with Crippen LogP contribution in [-0.4, -0.2) is 13.2 Å². The van der Waals surface area contributed by atoms with Gasteiger partial charge < -0.3 is 9.47 Å². The van der Waals surface area contributed by atoms with Gasteiger partial charge in [0.1, 0.15) is 5.82 Å². The maximum absolute atomic E-state index is 12.8. The van der Waals surface area contributed by atoms with Crippen LogP contribution in [0.2, 0.25) is 0 Å². The van der Waals surface area contributed by atoms with Crippen molar-refractivity contribution < 1.29 is 13.9 Å². The third kappa shape index (κ3) is 1.91. The lowest BCUT2D eigenvalue weighted by atomic mass is 10.3. The molecule has 0 atom stereocenters. The Hall–Kier alpha value is -1.25. The Balaban J connectivity index is 2.21. The normalized spacial score (nSPS) is 15.5. The van der Waals surface area contributed by atoms with E-state index in [9.17, 15) is 4.39 Å². The molecule has 0 spiro atoms. The molecule has 0 saturated heterocycles. The highest BCUT2D eigenvalue weighted by atomic mass is 19.1. The van der Waals surface area contributed by atoms with Crippen LogP contribution in [-0.2, 0) is 0 Å². The molecule has 0 heterocycles. The Morgan fingerprint density at radius 2 is 2.08 bits per heavy atom. The number of hydrogen-bond donors (Lipinski definition) is 0. The second-order valence-electron chi connectivity index (χ2n) is 3.11. The zero-order valence-electron chi connectivity index (χ0n) is 7.42. The van der Waals surface area contributed by atoms with Crippen LogP contribution in [0, 0.1) is 5.82 Å². The number of ether oxygens (including phenoxy) is 2. The van der Waals surface area contributed by atoms with Gasteiger partial charge >= 0.3 is 0 Å². The van der Waals surface area contributed by atoms with E-state index in [4.69, 9.17) is 9.47 Å². The first-order valence-electron chi connectivity index (χ1n) is 4.30. The molecular formula is C10H11FO2. The van der Waals surface area contributed by atoms with Crippen molar-refractivity contribution in [2.24, 2.45) is 0 Å². The van der Waals surface area contributed by atoms with Gasteiger partial charge in [0.05, 0.1) is 13.2 Å². The minimum atomic E-state index is -0.306. The zero-order valence-corrected chi connectivity index (χ0v) is 7.42. The molecule has 1 aliphatic rings. The summed E-state index contributed by atoms with van der Waals surface area (Å²) in [7, 11) is 1.51. The Bertz CT molecular complexity index is 308. The number of benzene rings is 1. The van der Waals surface area contributed by atoms with Crippen LogP contribution in [0.1, 0.15) is 12.8 Å². The molecule has 3 heteroatoms. The van der Waals surface area contributed by atoms with Crippen LogP contribution in [0.4, 0.5) is 4.39 Å². The summed E-state index contributed by atoms with van der Waals surface area (Å²) in [5.41, 5.74) is 0. The van der Waals surface area contributed by atoms with Gasteiger partial charge in [-0.2, -0.15) is 0 Å². The number of rotatable bonds is 3. The fourth-order valence-corrected chi connectivity index (χ4v) is 1.10. The molecule has 2 rings (SSSR count). The largest absolute Gasteiger partial charge is 0.493 e. The minimum absolute atomic E-state index is 0.305. The van der Waals surface area contributed by atoms with Crippen LogP contribution in [0.5, 0.6) is 11.5 Å². The third-order valence-corrected chi connectivity index (χ3v) is 1.94. The molecular weight excluding hydrogens is 171 g/mol. The van der Waals surface area contributed by atoms with Crippen molar-refractivity contribution in [2.45, 2.75) is 18.9 Å². The Labute approximate surface area is 76.3 Å². The van der Waals surface area contributed by atoms with Crippen LogP contribution < -0.4 is 9.47 Å². The fraction of sp³-hybridized carbons (Fsp3) is 0.400. The highest BCUT2D eigenvalue weighted by molar-refractivity contribution is 5.40. The van der Waals surface area contributed by atoms with Crippen molar-refractivity contribution in [3.8, 4) is 11.5 Å². The summed E-state index contributed by atoms with van der Waals surface area (Å²) in [6.45, 7) is 0. The highest BCUT2D eigenvalue weighted by Gasteiger charge is 2.24. The minimum Gasteiger partial charge on any atom is -0.493 e. The topological polar surface area (TPSA) is 18.5 Å². The first-order valence-corrected chi connectivity index (χ1v) is 4.30. The molecule has 1 aromatic carbocycles. The average Bonchev–Trinajstić information content (AvgIpc) is 2.92. The molecule has 1 aromatic rings. The maximum atomic E-state index is 12.8. The van der Waals surface area contributed by atoms with E-state index >= 15 is 0 Å². The van der Waals surface area contributed by atoms with Crippen molar-refractivity contribution in [1.29, 1.82) is 0 Å². The van der Waals surface area contributed by atoms with Gasteiger partial charge in [0.2, 0.25) is 0 Å². The monoisotopic (exact) mass is 182 g/mol. The van der Waals surface area contributed by atoms with Gasteiger partial charge in [0.25, 0.3) is 0 Å². The fourth-order valence-electron chi connectivity index (χ4n) is 1.10. The van der Waals surface area contributed by atoms with Crippen molar-refractivity contribution >= 4 is 0 Å². The van der Waals surface area contributed by atoms with E-state index in [1.165, 1.54) is 19.2 Å². The summed E-state index contributed by atoms with van der Waals surface area (Å²) < 4.78 is 23.3. The van der Waals surface area contributed by atoms with Crippen LogP contribution in [0.25, 0.3) is 0 Å². The molecule has 2 nitrogen and oxygen atoms in total. The average molecular weight is 182 g/mol. The highest BCUT2D eigenvalue weighted by Crippen LogP contribution is 2.33. The van der Waals surface area contributed by atoms with E-state index in [2.05, 4.69) is 0 Å². The molecule has 1 aliphatic carbocycles. The molecule has 70 valence electrons. The Kier molecular flexibility index (Phi) is 2.08. The quantitative estimate of drug-likeness (QED) is 0.714. The predicted octanol–water partition coefficient (Wildman–Crippen LogP) is 2.38. The van der Waals surface area contributed by atoms with Gasteiger partial charge in [-0.25, -0.2) is 4.39 Å². The van der Waals surface area contributed by atoms with E-state index in [1.807, 2.05) is 0 Å². The zero-order chi connectivity index (χ0) is 9.26. The SMILES string of the molecule is COc1cc(F)ccc1OC1CC1. The second-order valence-corrected chi connectivity index (χ2v) is 3.11. The second kappa shape index (κ2) is 3.24. The van der Waals surface area contributed by atoms with Gasteiger partial charge in [-0.05, 0) is 25.0 Å². The molecule has 13 heavy (non-hydrogen) atoms. The summed E-state index contributed by atoms with van der Waals surface area (Å²) in [6.07, 6.45) is 2.47. The van der Waals surface area contributed by atoms with Gasteiger partial charge in [-0.15, -0.1) is 0 Å². The summed E-state index contributed by atoms with van der Waals surface area (Å²) in [5.74, 6) is 0.790. The van der Waals surface area contributed by atoms with Crippen LogP contribution in [0.3, 0.4) is 0 Å². The molecule has 0 unspecified atom stereocenters. The Morgan fingerprint density at radius 3 is 2.69 bits per heavy atom. The lowest BCUT2D eigenvalue weighted by molar-refractivity contribution is 0.281. The molecule has 0 aliphatic heterocycles. The molecule has 1 saturated carbocycles. The molecule has 1 fully saturated rings. The predicted molar refractivity (Wildman–Crippen MR) is 46.6 cm³/mol. The number of halogens is 1. The molecule has 0 radical (unpaired) electrons. The van der Waals surface area contributed by atoms with Gasteiger partial charge in [-0.1, -0.05) is 0 Å². The van der Waals surface area contributed by atoms with E-state index in [0.29, 0.717) is 17.6 Å². The summed E-state index contributed by atoms with van der Waals surface area (Å²) in [6, 6.07) is 4.31. The van der Waals surface area contributed by atoms with Crippen molar-refractivity contribution in [3.05, 3.63) is 24.0 Å². The molecule has 0 amide bonds. The van der Waals surface area contributed by atoms with Crippen molar-refractivity contribution in [1.82, 2.24) is 0 Å². The van der Waals surface area contributed by atoms with Gasteiger partial charge in [0, 0.05) is 6.07 Å². The summed E-state index contributed by atoms with van der Waals surface area (Å²) in [4.78, 5) is 0. The van der Waals surface area contributed by atoms with Crippen LogP contribution in [0.15, 0.2) is 18.2 Å². The number of hydrogen-bond acceptors (Lipinski definition) is 2. The standard InChI is InChI=1S/C10H11FO2/c1-12-10-6-7(11)2-5-9(10)13-8-3-4-8/h2,5-6,8H,3-4H2,1H3. The van der Waals surface area contributed by atoms with Gasteiger partial charge in [0.15, 0.2) is 11.5 Å². The van der Waals surface area contributed by atoms with Crippen LogP contribution >= 0.6 is 0 Å². The molecule has 0 N–H and O–H groups in total. The third-order valence-electron chi connectivity index (χ3n) is 1.94. The Morgan fingerprint density at radius 1 is 1.31 bits per heavy atom. The smallest absolute Gasteiger partial charge is 0.163 e.